The molecule has 1 aliphatic heterocycles. The van der Waals surface area contributed by atoms with Crippen molar-refractivity contribution >= 4 is 34.7 Å². The van der Waals surface area contributed by atoms with Crippen LogP contribution in [0.5, 0.6) is 11.5 Å². The highest BCUT2D eigenvalue weighted by molar-refractivity contribution is 7.07. The molecule has 4 aromatic carbocycles. The molecule has 10 nitrogen and oxygen atoms in total. The number of hydrogen-bond acceptors (Lipinski definition) is 8. The van der Waals surface area contributed by atoms with Crippen LogP contribution in [0.4, 0.5) is 11.4 Å². The molecule has 0 aliphatic carbocycles. The molecule has 0 saturated heterocycles. The molecule has 1 amide bonds. The van der Waals surface area contributed by atoms with E-state index in [0.717, 1.165) is 11.1 Å². The zero-order valence-electron chi connectivity index (χ0n) is 24.9. The van der Waals surface area contributed by atoms with Gasteiger partial charge in [0.1, 0.15) is 18.1 Å². The molecule has 1 N–H and O–H groups in total. The Kier molecular flexibility index (Phi) is 8.57. The summed E-state index contributed by atoms with van der Waals surface area (Å²) in [4.78, 5) is 43.4. The number of methoxy groups -OCH3 is 1. The molecule has 11 heteroatoms. The number of para-hydroxylation sites is 1. The van der Waals surface area contributed by atoms with Crippen LogP contribution in [0.2, 0.25) is 0 Å². The van der Waals surface area contributed by atoms with Crippen LogP contribution >= 0.6 is 11.3 Å². The number of anilines is 1. The molecule has 0 radical (unpaired) electrons. The van der Waals surface area contributed by atoms with E-state index in [1.165, 1.54) is 23.5 Å². The van der Waals surface area contributed by atoms with Crippen LogP contribution in [-0.2, 0) is 11.4 Å². The Morgan fingerprint density at radius 1 is 1.00 bits per heavy atom. The van der Waals surface area contributed by atoms with Gasteiger partial charge in [-0.05, 0) is 78.2 Å². The Hall–Kier alpha value is -5.81. The van der Waals surface area contributed by atoms with Crippen LogP contribution in [0.15, 0.2) is 124 Å². The van der Waals surface area contributed by atoms with Crippen LogP contribution in [-0.4, -0.2) is 22.5 Å². The van der Waals surface area contributed by atoms with Gasteiger partial charge in [-0.1, -0.05) is 53.8 Å². The van der Waals surface area contributed by atoms with Crippen molar-refractivity contribution in [1.82, 2.24) is 4.57 Å². The number of nitrogens with one attached hydrogen (secondary N) is 1. The van der Waals surface area contributed by atoms with Crippen molar-refractivity contribution in [3.8, 4) is 11.5 Å². The molecular weight excluding hydrogens is 604 g/mol. The number of thiazole rings is 1. The van der Waals surface area contributed by atoms with Gasteiger partial charge in [-0.25, -0.2) is 4.99 Å². The first-order valence-corrected chi connectivity index (χ1v) is 15.1. The molecule has 0 spiro atoms. The van der Waals surface area contributed by atoms with Gasteiger partial charge in [0, 0.05) is 17.8 Å². The van der Waals surface area contributed by atoms with E-state index in [2.05, 4.69) is 5.32 Å². The smallest absolute Gasteiger partial charge is 0.271 e. The summed E-state index contributed by atoms with van der Waals surface area (Å²) in [6.07, 6.45) is 1.79. The van der Waals surface area contributed by atoms with Gasteiger partial charge in [0.05, 0.1) is 33.9 Å². The lowest BCUT2D eigenvalue weighted by molar-refractivity contribution is -0.384. The summed E-state index contributed by atoms with van der Waals surface area (Å²) in [7, 11) is 1.57. The highest BCUT2D eigenvalue weighted by atomic mass is 32.1. The summed E-state index contributed by atoms with van der Waals surface area (Å²) >= 11 is 1.25. The number of non-ortho nitro benzene ring substituents is 1. The molecule has 0 saturated carbocycles. The number of amides is 1. The van der Waals surface area contributed by atoms with Crippen molar-refractivity contribution in [2.75, 3.05) is 12.4 Å². The number of benzene rings is 4. The third-order valence-corrected chi connectivity index (χ3v) is 8.42. The molecule has 0 unspecified atom stereocenters. The van der Waals surface area contributed by atoms with Gasteiger partial charge in [-0.3, -0.25) is 24.3 Å². The van der Waals surface area contributed by atoms with Crippen molar-refractivity contribution in [3.05, 3.63) is 161 Å². The maximum atomic E-state index is 14.0. The normalized spacial score (nSPS) is 14.3. The molecule has 5 aromatic rings. The van der Waals surface area contributed by atoms with Gasteiger partial charge in [0.25, 0.3) is 17.2 Å². The SMILES string of the molecule is COc1cccc([C@@H]2C(C(=O)Nc3ccccc3)=C(C)N=c3s/c(=C\c4ccc(OCc5ccc([N+](=O)[O-])cc5)cc4)c(=O)n32)c1. The third kappa shape index (κ3) is 6.35. The Morgan fingerprint density at radius 3 is 2.43 bits per heavy atom. The maximum absolute atomic E-state index is 14.0. The van der Waals surface area contributed by atoms with Gasteiger partial charge in [0.2, 0.25) is 0 Å². The highest BCUT2D eigenvalue weighted by Gasteiger charge is 2.32. The van der Waals surface area contributed by atoms with Crippen LogP contribution in [0.3, 0.4) is 0 Å². The first-order chi connectivity index (χ1) is 22.3. The minimum atomic E-state index is -0.729. The molecule has 1 atom stereocenters. The number of carbonyl (C=O) groups is 1. The second-order valence-electron chi connectivity index (χ2n) is 10.5. The number of hydrogen-bond donors (Lipinski definition) is 1. The van der Waals surface area contributed by atoms with Crippen molar-refractivity contribution in [3.63, 3.8) is 0 Å². The minimum absolute atomic E-state index is 0.0232. The molecule has 6 rings (SSSR count). The number of nitrogens with zero attached hydrogens (tertiary/aromatic N) is 3. The van der Waals surface area contributed by atoms with Gasteiger partial charge in [-0.15, -0.1) is 0 Å². The molecule has 2 heterocycles. The van der Waals surface area contributed by atoms with Crippen molar-refractivity contribution in [2.45, 2.75) is 19.6 Å². The Balaban J connectivity index is 1.31. The van der Waals surface area contributed by atoms with E-state index in [1.807, 2.05) is 54.6 Å². The van der Waals surface area contributed by atoms with E-state index in [0.29, 0.717) is 43.4 Å². The fourth-order valence-corrected chi connectivity index (χ4v) is 6.20. The second-order valence-corrected chi connectivity index (χ2v) is 11.5. The molecule has 1 aliphatic rings. The van der Waals surface area contributed by atoms with Crippen LogP contribution in [0.1, 0.15) is 29.7 Å². The number of aromatic nitrogens is 1. The molecular formula is C35H28N4O6S. The predicted octanol–water partition coefficient (Wildman–Crippen LogP) is 5.37. The zero-order valence-corrected chi connectivity index (χ0v) is 25.7. The maximum Gasteiger partial charge on any atom is 0.271 e. The standard InChI is InChI=1S/C35H28N4O6S/c1-22-31(33(40)37-26-8-4-3-5-9-26)32(25-7-6-10-29(20-25)44-2)38-34(41)30(46-35(38)36-22)19-23-13-17-28(18-14-23)45-21-24-11-15-27(16-12-24)39(42)43/h3-20,32H,21H2,1-2H3,(H,37,40)/b30-19-/t32-/m1/s1. The number of fused-ring (bicyclic) bond motifs is 1. The quantitative estimate of drug-likeness (QED) is 0.172. The fraction of sp³-hybridized carbons (Fsp3) is 0.114. The summed E-state index contributed by atoms with van der Waals surface area (Å²) < 4.78 is 13.3. The molecule has 0 bridgehead atoms. The number of nitro groups is 1. The van der Waals surface area contributed by atoms with E-state index in [9.17, 15) is 19.7 Å². The highest BCUT2D eigenvalue weighted by Crippen LogP contribution is 2.32. The van der Waals surface area contributed by atoms with Crippen molar-refractivity contribution in [1.29, 1.82) is 0 Å². The number of nitro benzene ring substituents is 1. The molecule has 1 aromatic heterocycles. The largest absolute Gasteiger partial charge is 0.497 e. The van der Waals surface area contributed by atoms with Gasteiger partial charge < -0.3 is 14.8 Å². The Morgan fingerprint density at radius 2 is 1.74 bits per heavy atom. The summed E-state index contributed by atoms with van der Waals surface area (Å²) in [5, 5.41) is 13.8. The lowest BCUT2D eigenvalue weighted by atomic mass is 9.95. The summed E-state index contributed by atoms with van der Waals surface area (Å²) in [5.74, 6) is 0.867. The third-order valence-electron chi connectivity index (χ3n) is 7.44. The lowest BCUT2D eigenvalue weighted by Gasteiger charge is -2.25. The average Bonchev–Trinajstić information content (AvgIpc) is 3.37. The molecule has 0 fully saturated rings. The van der Waals surface area contributed by atoms with Gasteiger partial charge >= 0.3 is 0 Å². The zero-order chi connectivity index (χ0) is 32.2. The van der Waals surface area contributed by atoms with E-state index < -0.39 is 11.0 Å². The molecule has 46 heavy (non-hydrogen) atoms. The predicted molar refractivity (Wildman–Crippen MR) is 176 cm³/mol. The van der Waals surface area contributed by atoms with Gasteiger partial charge in [0.15, 0.2) is 4.80 Å². The van der Waals surface area contributed by atoms with Crippen molar-refractivity contribution < 1.29 is 19.2 Å². The summed E-state index contributed by atoms with van der Waals surface area (Å²) in [6.45, 7) is 2.03. The fourth-order valence-electron chi connectivity index (χ4n) is 5.15. The topological polar surface area (TPSA) is 125 Å². The van der Waals surface area contributed by atoms with Crippen LogP contribution in [0, 0.1) is 10.1 Å². The molecule has 230 valence electrons. The van der Waals surface area contributed by atoms with E-state index in [-0.39, 0.29) is 23.8 Å². The van der Waals surface area contributed by atoms with E-state index >= 15 is 0 Å². The van der Waals surface area contributed by atoms with Gasteiger partial charge in [-0.2, -0.15) is 0 Å². The van der Waals surface area contributed by atoms with E-state index in [1.54, 1.807) is 61.1 Å². The first kappa shape index (κ1) is 30.2. The second kappa shape index (κ2) is 13.0. The number of allylic oxidation sites excluding steroid dienone is 1. The Bertz CT molecular complexity index is 2140. The minimum Gasteiger partial charge on any atom is -0.497 e. The number of rotatable bonds is 9. The average molecular weight is 633 g/mol. The first-order valence-electron chi connectivity index (χ1n) is 14.3. The van der Waals surface area contributed by atoms with Crippen LogP contribution < -0.4 is 29.7 Å². The van der Waals surface area contributed by atoms with Crippen LogP contribution in [0.25, 0.3) is 6.08 Å². The number of carbonyl (C=O) groups excluding carboxylic acids is 1. The number of ether oxygens (including phenoxy) is 2. The Labute approximate surface area is 267 Å². The monoisotopic (exact) mass is 632 g/mol. The summed E-state index contributed by atoms with van der Waals surface area (Å²) in [6, 6.07) is 29.2. The van der Waals surface area contributed by atoms with E-state index in [4.69, 9.17) is 14.5 Å². The van der Waals surface area contributed by atoms with Crippen molar-refractivity contribution in [2.24, 2.45) is 4.99 Å². The summed E-state index contributed by atoms with van der Waals surface area (Å²) in [5.41, 5.74) is 3.57. The lowest BCUT2D eigenvalue weighted by Crippen LogP contribution is -2.40.